The third kappa shape index (κ3) is 6.19. The Morgan fingerprint density at radius 1 is 1.27 bits per heavy atom. The quantitative estimate of drug-likeness (QED) is 0.546. The average Bonchev–Trinajstić information content (AvgIpc) is 2.85. The van der Waals surface area contributed by atoms with Crippen LogP contribution in [0.25, 0.3) is 11.3 Å². The summed E-state index contributed by atoms with van der Waals surface area (Å²) in [5.41, 5.74) is 1.10. The number of hydrogen-bond acceptors (Lipinski definition) is 6. The zero-order chi connectivity index (χ0) is 23.2. The molecule has 0 spiro atoms. The fraction of sp³-hybridized carbons (Fsp3) is 0.542. The van der Waals surface area contributed by atoms with Gasteiger partial charge in [-0.15, -0.1) is 0 Å². The minimum Gasteiger partial charge on any atom is -0.381 e. The molecule has 4 heterocycles. The smallest absolute Gasteiger partial charge is 0.229 e. The van der Waals surface area contributed by atoms with E-state index in [0.717, 1.165) is 45.3 Å². The number of nitrogens with zero attached hydrogens (tertiary/aromatic N) is 2. The maximum Gasteiger partial charge on any atom is 0.229 e. The van der Waals surface area contributed by atoms with Crippen LogP contribution in [0.5, 0.6) is 0 Å². The molecule has 0 bridgehead atoms. The summed E-state index contributed by atoms with van der Waals surface area (Å²) in [6.07, 6.45) is 6.27. The van der Waals surface area contributed by atoms with Crippen molar-refractivity contribution in [1.82, 2.24) is 15.3 Å². The number of anilines is 2. The van der Waals surface area contributed by atoms with E-state index in [-0.39, 0.29) is 17.6 Å². The molecule has 2 atom stereocenters. The van der Waals surface area contributed by atoms with E-state index in [1.807, 2.05) is 0 Å². The Morgan fingerprint density at radius 2 is 2.09 bits per heavy atom. The van der Waals surface area contributed by atoms with Crippen molar-refractivity contribution in [2.75, 3.05) is 36.9 Å². The molecule has 9 heteroatoms. The van der Waals surface area contributed by atoms with Crippen molar-refractivity contribution < 1.29 is 13.9 Å². The second-order valence-corrected chi connectivity index (χ2v) is 9.20. The minimum absolute atomic E-state index is 0.0660. The third-order valence-corrected chi connectivity index (χ3v) is 6.81. The molecule has 178 valence electrons. The normalized spacial score (nSPS) is 21.5. The van der Waals surface area contributed by atoms with Crippen LogP contribution in [0.15, 0.2) is 24.4 Å². The summed E-state index contributed by atoms with van der Waals surface area (Å²) < 4.78 is 19.8. The number of aromatic nitrogens is 2. The van der Waals surface area contributed by atoms with Gasteiger partial charge in [-0.05, 0) is 56.2 Å². The SMILES string of the molecule is CC[C@@H]1CCC(C(=O)Nc2cc(-c3ccc(F)c(NCC4CCOCC4)n3)c(Cl)cn2)CN1. The summed E-state index contributed by atoms with van der Waals surface area (Å²) in [6.45, 7) is 4.91. The summed E-state index contributed by atoms with van der Waals surface area (Å²) in [6, 6.07) is 5.13. The van der Waals surface area contributed by atoms with Crippen LogP contribution in [0.3, 0.4) is 0 Å². The number of rotatable bonds is 7. The first-order valence-electron chi connectivity index (χ1n) is 11.7. The molecule has 2 saturated heterocycles. The number of nitrogens with one attached hydrogen (secondary N) is 3. The average molecular weight is 476 g/mol. The molecule has 2 fully saturated rings. The first-order chi connectivity index (χ1) is 16.0. The molecular formula is C24H31ClFN5O2. The summed E-state index contributed by atoms with van der Waals surface area (Å²) in [5, 5.41) is 9.83. The molecular weight excluding hydrogens is 445 g/mol. The van der Waals surface area contributed by atoms with Gasteiger partial charge in [0.1, 0.15) is 5.82 Å². The highest BCUT2D eigenvalue weighted by atomic mass is 35.5. The van der Waals surface area contributed by atoms with Crippen molar-refractivity contribution in [3.8, 4) is 11.3 Å². The van der Waals surface area contributed by atoms with Gasteiger partial charge < -0.3 is 20.7 Å². The zero-order valence-electron chi connectivity index (χ0n) is 18.9. The van der Waals surface area contributed by atoms with Gasteiger partial charge in [-0.2, -0.15) is 0 Å². The van der Waals surface area contributed by atoms with Crippen molar-refractivity contribution in [1.29, 1.82) is 0 Å². The summed E-state index contributed by atoms with van der Waals surface area (Å²) >= 11 is 6.39. The van der Waals surface area contributed by atoms with Gasteiger partial charge in [-0.3, -0.25) is 4.79 Å². The number of pyridine rings is 2. The maximum absolute atomic E-state index is 14.4. The molecule has 0 radical (unpaired) electrons. The van der Waals surface area contributed by atoms with Crippen LogP contribution in [0, 0.1) is 17.7 Å². The van der Waals surface area contributed by atoms with Crippen LogP contribution < -0.4 is 16.0 Å². The van der Waals surface area contributed by atoms with Gasteiger partial charge in [0, 0.05) is 44.1 Å². The molecule has 33 heavy (non-hydrogen) atoms. The fourth-order valence-electron chi connectivity index (χ4n) is 4.33. The van der Waals surface area contributed by atoms with Crippen LogP contribution in [0.1, 0.15) is 39.0 Å². The van der Waals surface area contributed by atoms with E-state index >= 15 is 0 Å². The second-order valence-electron chi connectivity index (χ2n) is 8.79. The summed E-state index contributed by atoms with van der Waals surface area (Å²) in [5.74, 6) is 0.440. The highest BCUT2D eigenvalue weighted by molar-refractivity contribution is 6.33. The van der Waals surface area contributed by atoms with Crippen molar-refractivity contribution >= 4 is 29.1 Å². The standard InChI is InChI=1S/C24H31ClFN5O2/c1-2-17-4-3-16(13-27-17)24(32)31-22-11-18(19(25)14-28-22)21-6-5-20(26)23(30-21)29-12-15-7-9-33-10-8-15/h5-6,11,14-17,27H,2-4,7-10,12-13H2,1H3,(H,29,30)(H,28,31,32)/t16?,17-/m1/s1. The molecule has 4 rings (SSSR count). The molecule has 0 saturated carbocycles. The lowest BCUT2D eigenvalue weighted by Crippen LogP contribution is -2.43. The summed E-state index contributed by atoms with van der Waals surface area (Å²) in [7, 11) is 0. The maximum atomic E-state index is 14.4. The Labute approximate surface area is 198 Å². The minimum atomic E-state index is -0.417. The first kappa shape index (κ1) is 23.9. The van der Waals surface area contributed by atoms with E-state index < -0.39 is 5.82 Å². The Hall–Kier alpha value is -2.29. The Kier molecular flexibility index (Phi) is 8.11. The topological polar surface area (TPSA) is 88.2 Å². The van der Waals surface area contributed by atoms with Crippen LogP contribution in [-0.2, 0) is 9.53 Å². The molecule has 3 N–H and O–H groups in total. The fourth-order valence-corrected chi connectivity index (χ4v) is 4.53. The van der Waals surface area contributed by atoms with Gasteiger partial charge in [0.25, 0.3) is 0 Å². The number of piperidine rings is 1. The number of carbonyl (C=O) groups is 1. The van der Waals surface area contributed by atoms with E-state index in [4.69, 9.17) is 16.3 Å². The lowest BCUT2D eigenvalue weighted by Gasteiger charge is -2.28. The van der Waals surface area contributed by atoms with Gasteiger partial charge in [-0.1, -0.05) is 18.5 Å². The van der Waals surface area contributed by atoms with E-state index in [1.165, 1.54) is 12.3 Å². The molecule has 2 aromatic heterocycles. The van der Waals surface area contributed by atoms with Gasteiger partial charge >= 0.3 is 0 Å². The second kappa shape index (κ2) is 11.2. The number of ether oxygens (including phenoxy) is 1. The van der Waals surface area contributed by atoms with Crippen molar-refractivity contribution in [3.63, 3.8) is 0 Å². The lowest BCUT2D eigenvalue weighted by atomic mass is 9.93. The number of hydrogen-bond donors (Lipinski definition) is 3. The van der Waals surface area contributed by atoms with Gasteiger partial charge in [0.2, 0.25) is 5.91 Å². The molecule has 1 unspecified atom stereocenters. The number of halogens is 2. The van der Waals surface area contributed by atoms with E-state index in [1.54, 1.807) is 12.1 Å². The monoisotopic (exact) mass is 475 g/mol. The zero-order valence-corrected chi connectivity index (χ0v) is 19.6. The lowest BCUT2D eigenvalue weighted by molar-refractivity contribution is -0.120. The predicted molar refractivity (Wildman–Crippen MR) is 128 cm³/mol. The van der Waals surface area contributed by atoms with E-state index in [9.17, 15) is 9.18 Å². The summed E-state index contributed by atoms with van der Waals surface area (Å²) in [4.78, 5) is 21.4. The van der Waals surface area contributed by atoms with Gasteiger partial charge in [0.05, 0.1) is 16.6 Å². The predicted octanol–water partition coefficient (Wildman–Crippen LogP) is 4.49. The van der Waals surface area contributed by atoms with Crippen LogP contribution in [0.2, 0.25) is 5.02 Å². The Morgan fingerprint density at radius 3 is 2.82 bits per heavy atom. The van der Waals surface area contributed by atoms with Crippen LogP contribution in [-0.4, -0.2) is 48.2 Å². The van der Waals surface area contributed by atoms with Crippen LogP contribution in [0.4, 0.5) is 16.0 Å². The highest BCUT2D eigenvalue weighted by Crippen LogP contribution is 2.30. The number of amides is 1. The Bertz CT molecular complexity index is 962. The van der Waals surface area contributed by atoms with Gasteiger partial charge in [-0.25, -0.2) is 14.4 Å². The molecule has 7 nitrogen and oxygen atoms in total. The molecule has 2 aliphatic rings. The van der Waals surface area contributed by atoms with E-state index in [2.05, 4.69) is 32.8 Å². The molecule has 2 aliphatic heterocycles. The largest absolute Gasteiger partial charge is 0.381 e. The first-order valence-corrected chi connectivity index (χ1v) is 12.1. The Balaban J connectivity index is 1.45. The molecule has 2 aromatic rings. The van der Waals surface area contributed by atoms with Crippen molar-refractivity contribution in [3.05, 3.63) is 35.2 Å². The molecule has 1 amide bonds. The van der Waals surface area contributed by atoms with Gasteiger partial charge in [0.15, 0.2) is 11.6 Å². The third-order valence-electron chi connectivity index (χ3n) is 6.51. The molecule has 0 aliphatic carbocycles. The van der Waals surface area contributed by atoms with E-state index in [0.29, 0.717) is 47.1 Å². The van der Waals surface area contributed by atoms with Crippen molar-refractivity contribution in [2.24, 2.45) is 11.8 Å². The van der Waals surface area contributed by atoms with Crippen molar-refractivity contribution in [2.45, 2.75) is 45.1 Å². The van der Waals surface area contributed by atoms with Crippen LogP contribution >= 0.6 is 11.6 Å². The highest BCUT2D eigenvalue weighted by Gasteiger charge is 2.25. The number of carbonyl (C=O) groups excluding carboxylic acids is 1. The molecule has 0 aromatic carbocycles.